The maximum Gasteiger partial charge on any atom is 0.302 e. The van der Waals surface area contributed by atoms with Gasteiger partial charge in [-0.2, -0.15) is 4.98 Å². The zero-order chi connectivity index (χ0) is 41.2. The van der Waals surface area contributed by atoms with Crippen molar-refractivity contribution < 1.29 is 33.5 Å². The first kappa shape index (κ1) is 38.9. The molecule has 10 heteroatoms. The van der Waals surface area contributed by atoms with E-state index in [1.807, 2.05) is 170 Å². The number of benzene rings is 6. The van der Waals surface area contributed by atoms with Crippen LogP contribution in [-0.4, -0.2) is 60.4 Å². The van der Waals surface area contributed by atoms with Crippen LogP contribution >= 0.6 is 0 Å². The Hall–Kier alpha value is -6.56. The van der Waals surface area contributed by atoms with Crippen molar-refractivity contribution in [1.29, 1.82) is 0 Å². The number of aliphatic hydroxyl groups is 1. The molecule has 3 heterocycles. The first-order valence-electron chi connectivity index (χ1n) is 19.8. The molecule has 4 atom stereocenters. The molecule has 1 fully saturated rings. The predicted molar refractivity (Wildman–Crippen MR) is 225 cm³/mol. The Labute approximate surface area is 348 Å². The van der Waals surface area contributed by atoms with E-state index in [2.05, 4.69) is 4.98 Å². The van der Waals surface area contributed by atoms with E-state index in [-0.39, 0.29) is 19.2 Å². The highest BCUT2D eigenvalue weighted by atomic mass is 16.7. The monoisotopic (exact) mass is 800 g/mol. The lowest BCUT2D eigenvalue weighted by molar-refractivity contribution is -0.185. The van der Waals surface area contributed by atoms with Crippen LogP contribution in [0.1, 0.15) is 33.4 Å². The van der Waals surface area contributed by atoms with Gasteiger partial charge in [-0.15, -0.1) is 0 Å². The van der Waals surface area contributed by atoms with E-state index in [1.54, 1.807) is 25.0 Å². The Morgan fingerprint density at radius 3 is 1.45 bits per heavy atom. The van der Waals surface area contributed by atoms with E-state index in [0.717, 1.165) is 33.4 Å². The molecule has 6 aromatic carbocycles. The summed E-state index contributed by atoms with van der Waals surface area (Å²) in [6, 6.07) is 56.8. The quantitative estimate of drug-likeness (QED) is 0.112. The summed E-state index contributed by atoms with van der Waals surface area (Å²) in [5, 5.41) is 12.3. The third-order valence-corrected chi connectivity index (χ3v) is 11.6. The van der Waals surface area contributed by atoms with Gasteiger partial charge in [0.05, 0.1) is 20.8 Å². The summed E-state index contributed by atoms with van der Waals surface area (Å²) in [5.41, 5.74) is 0.874. The topological polar surface area (TPSA) is 111 Å². The molecule has 0 unspecified atom stereocenters. The number of nitrogens with zero attached hydrogens (tertiary/aromatic N) is 2. The lowest BCUT2D eigenvalue weighted by Crippen LogP contribution is -2.49. The SMILES string of the molecule is COc1ccc(C(OC[C@H]2O[C@]3(COC(c4ccccc4)(c4ccccc4)c4ccc(OC)cc4)[C@@H](Oc4nc(=O)ccn43)[C@@H]2O)(c2ccccc2)c2ccccc2)cc1. The molecule has 0 aliphatic carbocycles. The Kier molecular flexibility index (Phi) is 10.5. The first-order chi connectivity index (χ1) is 29.4. The van der Waals surface area contributed by atoms with Gasteiger partial charge >= 0.3 is 6.01 Å². The summed E-state index contributed by atoms with van der Waals surface area (Å²) in [6.07, 6.45) is -1.63. The van der Waals surface area contributed by atoms with E-state index in [0.29, 0.717) is 11.5 Å². The summed E-state index contributed by atoms with van der Waals surface area (Å²) in [4.78, 5) is 16.8. The fourth-order valence-electron chi connectivity index (χ4n) is 8.67. The molecule has 1 N–H and O–H groups in total. The molecule has 0 bridgehead atoms. The number of methoxy groups -OCH3 is 2. The van der Waals surface area contributed by atoms with Crippen LogP contribution in [0.3, 0.4) is 0 Å². The summed E-state index contributed by atoms with van der Waals surface area (Å²) in [7, 11) is 3.26. The van der Waals surface area contributed by atoms with Crippen LogP contribution in [0.25, 0.3) is 0 Å². The van der Waals surface area contributed by atoms with Crippen molar-refractivity contribution in [2.45, 2.75) is 35.2 Å². The lowest BCUT2D eigenvalue weighted by Gasteiger charge is -2.39. The van der Waals surface area contributed by atoms with Crippen molar-refractivity contribution in [3.63, 3.8) is 0 Å². The van der Waals surface area contributed by atoms with Gasteiger partial charge in [-0.3, -0.25) is 9.36 Å². The molecule has 0 saturated carbocycles. The highest BCUT2D eigenvalue weighted by Gasteiger charge is 2.64. The van der Waals surface area contributed by atoms with Gasteiger partial charge in [0.25, 0.3) is 5.56 Å². The van der Waals surface area contributed by atoms with Gasteiger partial charge in [0.2, 0.25) is 5.72 Å². The summed E-state index contributed by atoms with van der Waals surface area (Å²) in [5.74, 6) is 1.40. The molecule has 302 valence electrons. The summed E-state index contributed by atoms with van der Waals surface area (Å²) >= 11 is 0. The predicted octanol–water partition coefficient (Wildman–Crippen LogP) is 7.45. The summed E-state index contributed by atoms with van der Waals surface area (Å²) < 4.78 is 40.8. The third kappa shape index (κ3) is 6.64. The molecule has 1 saturated heterocycles. The number of hydrogen-bond acceptors (Lipinski definition) is 9. The van der Waals surface area contributed by atoms with Crippen molar-refractivity contribution in [3.8, 4) is 17.5 Å². The molecule has 2 aliphatic rings. The van der Waals surface area contributed by atoms with Crippen LogP contribution in [0.5, 0.6) is 17.5 Å². The molecular weight excluding hydrogens is 757 g/mol. The zero-order valence-electron chi connectivity index (χ0n) is 33.2. The normalized spacial score (nSPS) is 19.6. The van der Waals surface area contributed by atoms with Crippen LogP contribution in [0.15, 0.2) is 187 Å². The first-order valence-corrected chi connectivity index (χ1v) is 19.8. The minimum atomic E-state index is -1.49. The third-order valence-electron chi connectivity index (χ3n) is 11.6. The summed E-state index contributed by atoms with van der Waals surface area (Å²) in [6.45, 7) is -0.206. The van der Waals surface area contributed by atoms with Crippen LogP contribution < -0.4 is 19.8 Å². The maximum atomic E-state index is 12.6. The Morgan fingerprint density at radius 2 is 1.02 bits per heavy atom. The second kappa shape index (κ2) is 16.2. The standard InChI is InChI=1S/C50H44N2O8/c1-55-41-27-23-39(24-28-41)49(35-15-7-3-8-16-35,36-17-9-4-10-18-36)57-33-43-45(54)46-48(60-43,52-32-31-44(53)51-47(52)59-46)34-58-50(37-19-11-5-12-20-37,38-21-13-6-14-22-38)40-25-29-42(56-2)30-26-40/h3-32,43,45-46,54H,33-34H2,1-2H3/t43-,45-,46+,48-/m1/s1. The molecule has 2 aliphatic heterocycles. The molecular formula is C50H44N2O8. The molecule has 7 aromatic rings. The van der Waals surface area contributed by atoms with Gasteiger partial charge in [-0.1, -0.05) is 146 Å². The molecule has 60 heavy (non-hydrogen) atoms. The Balaban J connectivity index is 1.14. The van der Waals surface area contributed by atoms with E-state index < -0.39 is 40.8 Å². The minimum Gasteiger partial charge on any atom is -0.497 e. The van der Waals surface area contributed by atoms with Crippen molar-refractivity contribution in [3.05, 3.63) is 226 Å². The number of rotatable bonds is 14. The number of fused-ring (bicyclic) bond motifs is 3. The smallest absolute Gasteiger partial charge is 0.302 e. The van der Waals surface area contributed by atoms with Crippen molar-refractivity contribution in [1.82, 2.24) is 9.55 Å². The van der Waals surface area contributed by atoms with E-state index >= 15 is 0 Å². The highest BCUT2D eigenvalue weighted by Crippen LogP contribution is 2.49. The zero-order valence-corrected chi connectivity index (χ0v) is 33.2. The highest BCUT2D eigenvalue weighted by molar-refractivity contribution is 5.50. The fraction of sp³-hybridized carbons (Fsp3) is 0.200. The Morgan fingerprint density at radius 1 is 0.600 bits per heavy atom. The molecule has 9 rings (SSSR count). The van der Waals surface area contributed by atoms with Crippen molar-refractivity contribution in [2.75, 3.05) is 27.4 Å². The van der Waals surface area contributed by atoms with Crippen LogP contribution in [-0.2, 0) is 31.1 Å². The largest absolute Gasteiger partial charge is 0.497 e. The van der Waals surface area contributed by atoms with Crippen LogP contribution in [0.2, 0.25) is 0 Å². The Bertz CT molecular complexity index is 2490. The second-order valence-corrected chi connectivity index (χ2v) is 14.8. The van der Waals surface area contributed by atoms with E-state index in [9.17, 15) is 9.90 Å². The number of aliphatic hydroxyl groups excluding tert-OH is 1. The number of ether oxygens (including phenoxy) is 6. The second-order valence-electron chi connectivity index (χ2n) is 14.8. The van der Waals surface area contributed by atoms with Crippen molar-refractivity contribution >= 4 is 0 Å². The number of aromatic nitrogens is 2. The van der Waals surface area contributed by atoms with E-state index in [1.165, 1.54) is 6.07 Å². The van der Waals surface area contributed by atoms with Gasteiger partial charge in [0.1, 0.15) is 41.5 Å². The lowest BCUT2D eigenvalue weighted by atomic mass is 9.80. The van der Waals surface area contributed by atoms with Gasteiger partial charge in [-0.25, -0.2) is 0 Å². The van der Waals surface area contributed by atoms with Crippen LogP contribution in [0.4, 0.5) is 0 Å². The van der Waals surface area contributed by atoms with Gasteiger partial charge < -0.3 is 33.5 Å². The van der Waals surface area contributed by atoms with Gasteiger partial charge in [0.15, 0.2) is 6.10 Å². The number of hydrogen-bond donors (Lipinski definition) is 1. The maximum absolute atomic E-state index is 12.6. The average molecular weight is 801 g/mol. The van der Waals surface area contributed by atoms with E-state index in [4.69, 9.17) is 28.4 Å². The van der Waals surface area contributed by atoms with Gasteiger partial charge in [-0.05, 0) is 57.6 Å². The molecule has 0 radical (unpaired) electrons. The molecule has 1 aromatic heterocycles. The fourth-order valence-corrected chi connectivity index (χ4v) is 8.67. The molecule has 0 amide bonds. The van der Waals surface area contributed by atoms with Crippen molar-refractivity contribution in [2.24, 2.45) is 0 Å². The minimum absolute atomic E-state index is 0.0186. The average Bonchev–Trinajstić information content (AvgIpc) is 3.77. The van der Waals surface area contributed by atoms with Crippen LogP contribution in [0, 0.1) is 0 Å². The molecule has 10 nitrogen and oxygen atoms in total. The van der Waals surface area contributed by atoms with Gasteiger partial charge in [0, 0.05) is 12.3 Å². The molecule has 0 spiro atoms.